The van der Waals surface area contributed by atoms with E-state index in [0.29, 0.717) is 6.61 Å². The van der Waals surface area contributed by atoms with Crippen molar-refractivity contribution in [3.8, 4) is 5.75 Å². The van der Waals surface area contributed by atoms with E-state index in [4.69, 9.17) is 22.1 Å². The summed E-state index contributed by atoms with van der Waals surface area (Å²) in [6.07, 6.45) is 18.1. The molecule has 2 N–H and O–H groups in total. The molecular weight excluding hydrogens is 406 g/mol. The van der Waals surface area contributed by atoms with Crippen molar-refractivity contribution in [2.75, 3.05) is 11.9 Å². The molecule has 0 heterocycles. The van der Waals surface area contributed by atoms with Crippen molar-refractivity contribution in [3.05, 3.63) is 24.3 Å². The van der Waals surface area contributed by atoms with Gasteiger partial charge in [0.05, 0.1) is 17.3 Å². The summed E-state index contributed by atoms with van der Waals surface area (Å²) in [4.78, 5) is 11.4. The predicted octanol–water partition coefficient (Wildman–Crippen LogP) is 8.15. The zero-order valence-electron chi connectivity index (χ0n) is 19.5. The lowest BCUT2D eigenvalue weighted by Gasteiger charge is -2.14. The van der Waals surface area contributed by atoms with Gasteiger partial charge in [0.2, 0.25) is 0 Å². The van der Waals surface area contributed by atoms with Crippen LogP contribution in [0.15, 0.2) is 24.3 Å². The van der Waals surface area contributed by atoms with Crippen molar-refractivity contribution in [2.24, 2.45) is 0 Å². The van der Waals surface area contributed by atoms with Gasteiger partial charge in [-0.05, 0) is 37.8 Å². The maximum absolute atomic E-state index is 10.5. The Kier molecular flexibility index (Phi) is 16.9. The minimum atomic E-state index is -0.718. The fourth-order valence-corrected chi connectivity index (χ4v) is 3.85. The Balaban J connectivity index is 2.13. The van der Waals surface area contributed by atoms with E-state index in [9.17, 15) is 4.79 Å². The van der Waals surface area contributed by atoms with Crippen LogP contribution in [0.1, 0.15) is 110 Å². The number of anilines is 1. The summed E-state index contributed by atoms with van der Waals surface area (Å²) in [5, 5.41) is 12.0. The molecule has 0 atom stereocenters. The molecule has 1 aromatic rings. The van der Waals surface area contributed by atoms with Gasteiger partial charge in [0.25, 0.3) is 0 Å². The Labute approximate surface area is 195 Å². The third-order valence-corrected chi connectivity index (χ3v) is 5.77. The largest absolute Gasteiger partial charge is 0.491 e. The average molecular weight is 450 g/mol. The topological polar surface area (TPSA) is 58.6 Å². The number of rotatable bonds is 20. The first-order chi connectivity index (χ1) is 15.1. The van der Waals surface area contributed by atoms with Gasteiger partial charge in [0.1, 0.15) is 5.75 Å². The maximum Gasteiger partial charge on any atom is 0.303 e. The number of ether oxygens (including phenoxy) is 1. The SMILES string of the molecule is CCCCCCCCCCCCC(=S)Nc1ccccc1OCCCCCCC(=O)O. The first-order valence-corrected chi connectivity index (χ1v) is 12.8. The highest BCUT2D eigenvalue weighted by Crippen LogP contribution is 2.25. The third kappa shape index (κ3) is 15.8. The van der Waals surface area contributed by atoms with Crippen molar-refractivity contribution in [2.45, 2.75) is 110 Å². The van der Waals surface area contributed by atoms with E-state index in [0.717, 1.165) is 55.0 Å². The number of aliphatic carboxylic acids is 1. The van der Waals surface area contributed by atoms with E-state index >= 15 is 0 Å². The standard InChI is InChI=1S/C26H43NO3S/c1-2-3-4-5-6-7-8-9-10-13-20-25(31)27-23-18-15-16-19-24(23)30-22-17-12-11-14-21-26(28)29/h15-16,18-19H,2-14,17,20-22H2,1H3,(H,27,31)(H,28,29). The molecule has 0 radical (unpaired) electrons. The van der Waals surface area contributed by atoms with Crippen LogP contribution in [0.2, 0.25) is 0 Å². The van der Waals surface area contributed by atoms with Gasteiger partial charge in [-0.2, -0.15) is 0 Å². The van der Waals surface area contributed by atoms with Crippen LogP contribution in [-0.4, -0.2) is 22.7 Å². The number of nitrogens with one attached hydrogen (secondary N) is 1. The molecule has 0 saturated heterocycles. The van der Waals surface area contributed by atoms with Gasteiger partial charge in [0, 0.05) is 6.42 Å². The van der Waals surface area contributed by atoms with E-state index < -0.39 is 5.97 Å². The molecular formula is C26H43NO3S. The summed E-state index contributed by atoms with van der Waals surface area (Å²) >= 11 is 5.55. The van der Waals surface area contributed by atoms with Gasteiger partial charge in [-0.3, -0.25) is 4.79 Å². The second-order valence-corrected chi connectivity index (χ2v) is 8.88. The van der Waals surface area contributed by atoms with Crippen molar-refractivity contribution in [1.82, 2.24) is 0 Å². The number of para-hydroxylation sites is 2. The lowest BCUT2D eigenvalue weighted by molar-refractivity contribution is -0.137. The van der Waals surface area contributed by atoms with Gasteiger partial charge >= 0.3 is 5.97 Å². The Morgan fingerprint density at radius 1 is 0.839 bits per heavy atom. The molecule has 0 fully saturated rings. The van der Waals surface area contributed by atoms with Crippen LogP contribution in [0.3, 0.4) is 0 Å². The molecule has 0 bridgehead atoms. The highest BCUT2D eigenvalue weighted by Gasteiger charge is 2.05. The molecule has 1 rings (SSSR count). The Bertz CT molecular complexity index is 606. The molecule has 0 aliphatic rings. The Morgan fingerprint density at radius 2 is 1.39 bits per heavy atom. The summed E-state index contributed by atoms with van der Waals surface area (Å²) in [6.45, 7) is 2.90. The third-order valence-electron chi connectivity index (χ3n) is 5.46. The number of carboxylic acids is 1. The van der Waals surface area contributed by atoms with Gasteiger partial charge in [-0.1, -0.05) is 102 Å². The number of hydrogen-bond donors (Lipinski definition) is 2. The van der Waals surface area contributed by atoms with Gasteiger partial charge in [-0.25, -0.2) is 0 Å². The van der Waals surface area contributed by atoms with Crippen LogP contribution < -0.4 is 10.1 Å². The monoisotopic (exact) mass is 449 g/mol. The van der Waals surface area contributed by atoms with E-state index in [-0.39, 0.29) is 6.42 Å². The molecule has 0 aliphatic carbocycles. The molecule has 31 heavy (non-hydrogen) atoms. The van der Waals surface area contributed by atoms with Crippen molar-refractivity contribution < 1.29 is 14.6 Å². The summed E-state index contributed by atoms with van der Waals surface area (Å²) in [5.74, 6) is 0.114. The van der Waals surface area contributed by atoms with Gasteiger partial charge < -0.3 is 15.2 Å². The summed E-state index contributed by atoms with van der Waals surface area (Å²) in [6, 6.07) is 7.94. The number of hydrogen-bond acceptors (Lipinski definition) is 3. The van der Waals surface area contributed by atoms with E-state index in [1.165, 1.54) is 57.8 Å². The van der Waals surface area contributed by atoms with Crippen molar-refractivity contribution in [3.63, 3.8) is 0 Å². The Hall–Kier alpha value is -1.62. The number of carbonyl (C=O) groups is 1. The highest BCUT2D eigenvalue weighted by atomic mass is 32.1. The van der Waals surface area contributed by atoms with Crippen molar-refractivity contribution in [1.29, 1.82) is 0 Å². The quantitative estimate of drug-likeness (QED) is 0.155. The highest BCUT2D eigenvalue weighted by molar-refractivity contribution is 7.80. The van der Waals surface area contributed by atoms with Gasteiger partial charge in [0.15, 0.2) is 0 Å². The predicted molar refractivity (Wildman–Crippen MR) is 135 cm³/mol. The average Bonchev–Trinajstić information content (AvgIpc) is 2.75. The minimum Gasteiger partial charge on any atom is -0.491 e. The first-order valence-electron chi connectivity index (χ1n) is 12.4. The number of benzene rings is 1. The van der Waals surface area contributed by atoms with Crippen LogP contribution in [0.5, 0.6) is 5.75 Å². The fraction of sp³-hybridized carbons (Fsp3) is 0.692. The minimum absolute atomic E-state index is 0.254. The second-order valence-electron chi connectivity index (χ2n) is 8.38. The van der Waals surface area contributed by atoms with E-state index in [1.807, 2.05) is 24.3 Å². The van der Waals surface area contributed by atoms with Gasteiger partial charge in [-0.15, -0.1) is 0 Å². The molecule has 0 unspecified atom stereocenters. The molecule has 4 nitrogen and oxygen atoms in total. The molecule has 5 heteroatoms. The van der Waals surface area contributed by atoms with E-state index in [2.05, 4.69) is 12.2 Å². The zero-order chi connectivity index (χ0) is 22.6. The number of thiocarbonyl (C=S) groups is 1. The first kappa shape index (κ1) is 27.4. The zero-order valence-corrected chi connectivity index (χ0v) is 20.3. The summed E-state index contributed by atoms with van der Waals surface area (Å²) in [7, 11) is 0. The Morgan fingerprint density at radius 3 is 2.03 bits per heavy atom. The van der Waals surface area contributed by atoms with Crippen LogP contribution in [-0.2, 0) is 4.79 Å². The van der Waals surface area contributed by atoms with E-state index in [1.54, 1.807) is 0 Å². The second kappa shape index (κ2) is 19.1. The number of unbranched alkanes of at least 4 members (excludes halogenated alkanes) is 12. The molecule has 0 spiro atoms. The number of carboxylic acid groups (broad SMARTS) is 1. The van der Waals surface area contributed by atoms with Crippen LogP contribution in [0, 0.1) is 0 Å². The normalized spacial score (nSPS) is 10.7. The lowest BCUT2D eigenvalue weighted by atomic mass is 10.1. The lowest BCUT2D eigenvalue weighted by Crippen LogP contribution is -2.10. The maximum atomic E-state index is 10.5. The smallest absolute Gasteiger partial charge is 0.303 e. The summed E-state index contributed by atoms with van der Waals surface area (Å²) < 4.78 is 5.93. The fourth-order valence-electron chi connectivity index (χ4n) is 3.60. The summed E-state index contributed by atoms with van der Waals surface area (Å²) in [5.41, 5.74) is 0.936. The van der Waals surface area contributed by atoms with Crippen LogP contribution in [0.25, 0.3) is 0 Å². The molecule has 1 aromatic carbocycles. The molecule has 0 aliphatic heterocycles. The molecule has 0 saturated carbocycles. The van der Waals surface area contributed by atoms with Crippen LogP contribution >= 0.6 is 12.2 Å². The molecule has 0 amide bonds. The molecule has 176 valence electrons. The molecule has 0 aromatic heterocycles. The van der Waals surface area contributed by atoms with Crippen LogP contribution in [0.4, 0.5) is 5.69 Å². The van der Waals surface area contributed by atoms with Crippen molar-refractivity contribution >= 4 is 28.9 Å².